The molecule has 0 aliphatic heterocycles. The number of amides is 3. The largest absolute Gasteiger partial charge is 0.508 e. The Morgan fingerprint density at radius 2 is 1.60 bits per heavy atom. The number of carbonyl (C=O) groups is 3. The molecule has 0 bridgehead atoms. The first-order valence-electron chi connectivity index (χ1n) is 15.1. The lowest BCUT2D eigenvalue weighted by molar-refractivity contribution is -0.140. The van der Waals surface area contributed by atoms with E-state index in [1.165, 1.54) is 23.1 Å². The third kappa shape index (κ3) is 10.4. The van der Waals surface area contributed by atoms with Gasteiger partial charge < -0.3 is 35.2 Å². The summed E-state index contributed by atoms with van der Waals surface area (Å²) in [5, 5.41) is 25.7. The Hall–Kier alpha value is -4.73. The number of hydrogen-bond acceptors (Lipinski definition) is 7. The van der Waals surface area contributed by atoms with Crippen molar-refractivity contribution in [2.24, 2.45) is 0 Å². The molecule has 3 rings (SSSR count). The predicted molar refractivity (Wildman–Crippen MR) is 173 cm³/mol. The lowest BCUT2D eigenvalue weighted by atomic mass is 9.98. The van der Waals surface area contributed by atoms with Crippen molar-refractivity contribution in [1.82, 2.24) is 10.2 Å². The van der Waals surface area contributed by atoms with Gasteiger partial charge in [-0.2, -0.15) is 0 Å². The van der Waals surface area contributed by atoms with Crippen LogP contribution in [0.15, 0.2) is 66.7 Å². The number of benzene rings is 3. The van der Waals surface area contributed by atoms with E-state index in [0.717, 1.165) is 12.8 Å². The van der Waals surface area contributed by atoms with Crippen LogP contribution in [0.2, 0.25) is 0 Å². The normalized spacial score (nSPS) is 12.5. The zero-order valence-electron chi connectivity index (χ0n) is 26.9. The molecule has 3 aromatic carbocycles. The number of hydrogen-bond donors (Lipinski definition) is 4. The topological polar surface area (TPSA) is 137 Å². The van der Waals surface area contributed by atoms with E-state index in [9.17, 15) is 24.6 Å². The van der Waals surface area contributed by atoms with Gasteiger partial charge in [-0.3, -0.25) is 9.59 Å². The molecule has 10 nitrogen and oxygen atoms in total. The van der Waals surface area contributed by atoms with Gasteiger partial charge >= 0.3 is 6.09 Å². The summed E-state index contributed by atoms with van der Waals surface area (Å²) >= 11 is 0. The van der Waals surface area contributed by atoms with Crippen LogP contribution in [0.4, 0.5) is 10.5 Å². The van der Waals surface area contributed by atoms with Crippen LogP contribution in [0.1, 0.15) is 69.7 Å². The molecule has 0 heterocycles. The molecule has 0 aromatic heterocycles. The highest BCUT2D eigenvalue weighted by Crippen LogP contribution is 2.29. The van der Waals surface area contributed by atoms with Crippen molar-refractivity contribution in [3.63, 3.8) is 0 Å². The molecule has 0 saturated carbocycles. The molecule has 2 unspecified atom stereocenters. The first kappa shape index (κ1) is 34.8. The standard InChI is InChI=1S/C35H45N3O7/c1-7-8-9-20-38(33(42)29(37-34(43)45-35(3,4)5)22-24-10-15-27(39)16-11-24)31(25-12-19-30(40)23(2)21-25)32(41)36-26-13-17-28(44-6)18-14-26/h10-19,21,29,31,39-40H,7-9,20,22H2,1-6H3,(H,36,41)(H,37,43). The number of phenols is 2. The molecule has 3 aromatic rings. The van der Waals surface area contributed by atoms with E-state index in [4.69, 9.17) is 9.47 Å². The number of methoxy groups -OCH3 is 1. The third-order valence-electron chi connectivity index (χ3n) is 7.11. The Bertz CT molecular complexity index is 1430. The molecule has 45 heavy (non-hydrogen) atoms. The number of alkyl carbamates (subject to hydrolysis) is 1. The van der Waals surface area contributed by atoms with Crippen molar-refractivity contribution in [3.8, 4) is 17.2 Å². The van der Waals surface area contributed by atoms with Crippen molar-refractivity contribution < 1.29 is 34.1 Å². The van der Waals surface area contributed by atoms with Crippen LogP contribution in [0.25, 0.3) is 0 Å². The summed E-state index contributed by atoms with van der Waals surface area (Å²) < 4.78 is 10.7. The van der Waals surface area contributed by atoms with Crippen molar-refractivity contribution in [1.29, 1.82) is 0 Å². The molecule has 0 radical (unpaired) electrons. The number of aromatic hydroxyl groups is 2. The number of rotatable bonds is 13. The number of nitrogens with one attached hydrogen (secondary N) is 2. The number of phenolic OH excluding ortho intramolecular Hbond substituents is 2. The Labute approximate surface area is 265 Å². The molecule has 0 spiro atoms. The minimum Gasteiger partial charge on any atom is -0.508 e. The smallest absolute Gasteiger partial charge is 0.408 e. The molecule has 242 valence electrons. The summed E-state index contributed by atoms with van der Waals surface area (Å²) in [6.07, 6.45) is 1.63. The molecule has 0 aliphatic rings. The van der Waals surface area contributed by atoms with Gasteiger partial charge in [-0.1, -0.05) is 38.0 Å². The molecule has 3 amide bonds. The predicted octanol–water partition coefficient (Wildman–Crippen LogP) is 6.25. The number of anilines is 1. The van der Waals surface area contributed by atoms with E-state index >= 15 is 0 Å². The average molecular weight is 620 g/mol. The Balaban J connectivity index is 2.09. The second kappa shape index (κ2) is 15.8. The second-order valence-corrected chi connectivity index (χ2v) is 12.0. The van der Waals surface area contributed by atoms with Gasteiger partial charge in [0.15, 0.2) is 0 Å². The van der Waals surface area contributed by atoms with Crippen LogP contribution in [0.5, 0.6) is 17.2 Å². The highest BCUT2D eigenvalue weighted by molar-refractivity contribution is 5.99. The van der Waals surface area contributed by atoms with Crippen LogP contribution in [-0.2, 0) is 20.7 Å². The summed E-state index contributed by atoms with van der Waals surface area (Å²) in [6, 6.07) is 15.8. The van der Waals surface area contributed by atoms with E-state index in [1.54, 1.807) is 83.3 Å². The highest BCUT2D eigenvalue weighted by atomic mass is 16.6. The van der Waals surface area contributed by atoms with Crippen LogP contribution >= 0.6 is 0 Å². The fourth-order valence-corrected chi connectivity index (χ4v) is 4.82. The van der Waals surface area contributed by atoms with Gasteiger partial charge in [0.1, 0.15) is 34.9 Å². The van der Waals surface area contributed by atoms with E-state index in [1.807, 2.05) is 6.92 Å². The number of ether oxygens (including phenoxy) is 2. The maximum absolute atomic E-state index is 14.6. The first-order chi connectivity index (χ1) is 21.3. The minimum absolute atomic E-state index is 0.0636. The quantitative estimate of drug-likeness (QED) is 0.166. The molecule has 4 N–H and O–H groups in total. The fourth-order valence-electron chi connectivity index (χ4n) is 4.82. The summed E-state index contributed by atoms with van der Waals surface area (Å²) in [6.45, 7) is 9.18. The van der Waals surface area contributed by atoms with Crippen LogP contribution in [-0.4, -0.2) is 58.3 Å². The summed E-state index contributed by atoms with van der Waals surface area (Å²) in [7, 11) is 1.55. The van der Waals surface area contributed by atoms with Crippen molar-refractivity contribution in [2.75, 3.05) is 19.0 Å². The maximum atomic E-state index is 14.6. The highest BCUT2D eigenvalue weighted by Gasteiger charge is 2.36. The number of carbonyl (C=O) groups excluding carboxylic acids is 3. The fraction of sp³-hybridized carbons (Fsp3) is 0.400. The van der Waals surface area contributed by atoms with Gasteiger partial charge in [-0.05, 0) is 99.3 Å². The molecule has 0 aliphatic carbocycles. The summed E-state index contributed by atoms with van der Waals surface area (Å²) in [4.78, 5) is 43.2. The summed E-state index contributed by atoms with van der Waals surface area (Å²) in [5.74, 6) is -0.184. The lowest BCUT2D eigenvalue weighted by Gasteiger charge is -2.35. The minimum atomic E-state index is -1.10. The Morgan fingerprint density at radius 1 is 0.933 bits per heavy atom. The number of aryl methyl sites for hydroxylation is 1. The average Bonchev–Trinajstić information content (AvgIpc) is 2.98. The Kier molecular flexibility index (Phi) is 12.2. The number of unbranched alkanes of at least 4 members (excludes halogenated alkanes) is 2. The third-order valence-corrected chi connectivity index (χ3v) is 7.11. The lowest BCUT2D eigenvalue weighted by Crippen LogP contribution is -2.53. The molecule has 10 heteroatoms. The zero-order valence-corrected chi connectivity index (χ0v) is 26.9. The van der Waals surface area contributed by atoms with Crippen molar-refractivity contribution in [2.45, 2.75) is 78.0 Å². The van der Waals surface area contributed by atoms with Gasteiger partial charge in [0.25, 0.3) is 5.91 Å². The van der Waals surface area contributed by atoms with Crippen molar-refractivity contribution in [3.05, 3.63) is 83.4 Å². The maximum Gasteiger partial charge on any atom is 0.408 e. The van der Waals surface area contributed by atoms with Gasteiger partial charge in [-0.15, -0.1) is 0 Å². The van der Waals surface area contributed by atoms with Crippen LogP contribution in [0, 0.1) is 6.92 Å². The van der Waals surface area contributed by atoms with Gasteiger partial charge in [0.2, 0.25) is 5.91 Å². The molecular formula is C35H45N3O7. The monoisotopic (exact) mass is 619 g/mol. The Morgan fingerprint density at radius 3 is 2.18 bits per heavy atom. The van der Waals surface area contributed by atoms with E-state index in [0.29, 0.717) is 34.5 Å². The van der Waals surface area contributed by atoms with Gasteiger partial charge in [-0.25, -0.2) is 4.79 Å². The molecule has 0 fully saturated rings. The van der Waals surface area contributed by atoms with E-state index in [2.05, 4.69) is 10.6 Å². The van der Waals surface area contributed by atoms with Gasteiger partial charge in [0.05, 0.1) is 7.11 Å². The first-order valence-corrected chi connectivity index (χ1v) is 15.1. The number of nitrogens with zero attached hydrogens (tertiary/aromatic N) is 1. The van der Waals surface area contributed by atoms with E-state index < -0.39 is 35.6 Å². The van der Waals surface area contributed by atoms with Crippen molar-refractivity contribution >= 4 is 23.6 Å². The SMILES string of the molecule is CCCCCN(C(=O)C(Cc1ccc(O)cc1)NC(=O)OC(C)(C)C)C(C(=O)Nc1ccc(OC)cc1)c1ccc(O)c(C)c1. The molecule has 0 saturated heterocycles. The van der Waals surface area contributed by atoms with Gasteiger partial charge in [0, 0.05) is 18.7 Å². The summed E-state index contributed by atoms with van der Waals surface area (Å²) in [5.41, 5.74) is 1.44. The van der Waals surface area contributed by atoms with Crippen LogP contribution in [0.3, 0.4) is 0 Å². The van der Waals surface area contributed by atoms with E-state index in [-0.39, 0.29) is 24.5 Å². The zero-order chi connectivity index (χ0) is 33.1. The molecule has 2 atom stereocenters. The van der Waals surface area contributed by atoms with Crippen LogP contribution < -0.4 is 15.4 Å². The molecular weight excluding hydrogens is 574 g/mol. The second-order valence-electron chi connectivity index (χ2n) is 12.0.